The lowest BCUT2D eigenvalue weighted by molar-refractivity contribution is 0.0975. The van der Waals surface area contributed by atoms with Gasteiger partial charge in [0.05, 0.1) is 29.9 Å². The summed E-state index contributed by atoms with van der Waals surface area (Å²) in [4.78, 5) is 54.9. The van der Waals surface area contributed by atoms with Gasteiger partial charge in [0.25, 0.3) is 0 Å². The Labute approximate surface area is 276 Å². The highest BCUT2D eigenvalue weighted by Gasteiger charge is 2.35. The lowest BCUT2D eigenvalue weighted by Crippen LogP contribution is -1.99. The molecule has 0 radical (unpaired) electrons. The van der Waals surface area contributed by atoms with E-state index in [0.29, 0.717) is 22.3 Å². The van der Waals surface area contributed by atoms with Gasteiger partial charge in [-0.2, -0.15) is 0 Å². The summed E-state index contributed by atoms with van der Waals surface area (Å²) >= 11 is 6.57. The average Bonchev–Trinajstić information content (AvgIpc) is 3.88. The fourth-order valence-electron chi connectivity index (χ4n) is 6.57. The highest BCUT2D eigenvalue weighted by molar-refractivity contribution is 7.44. The maximum Gasteiger partial charge on any atom is 0.197 e. The molecule has 0 unspecified atom stereocenters. The minimum absolute atomic E-state index is 0.214. The molecule has 4 heterocycles. The lowest BCUT2D eigenvalue weighted by atomic mass is 10.0. The number of fused-ring (bicyclic) bond motifs is 9. The molecule has 2 aliphatic rings. The lowest BCUT2D eigenvalue weighted by Gasteiger charge is -2.00. The monoisotopic (exact) mass is 664 g/mol. The van der Waals surface area contributed by atoms with Crippen LogP contribution in [0.4, 0.5) is 0 Å². The topological polar surface area (TPSA) is 68.3 Å². The van der Waals surface area contributed by atoms with Crippen molar-refractivity contribution in [1.29, 1.82) is 0 Å². The van der Waals surface area contributed by atoms with Gasteiger partial charge < -0.3 is 0 Å². The van der Waals surface area contributed by atoms with Crippen LogP contribution >= 0.6 is 45.3 Å². The van der Waals surface area contributed by atoms with Crippen molar-refractivity contribution >= 4 is 130 Å². The van der Waals surface area contributed by atoms with E-state index in [1.54, 1.807) is 57.5 Å². The minimum Gasteiger partial charge on any atom is -0.288 e. The molecule has 0 saturated carbocycles. The number of Topliss-reactive ketones (excluding diaryl/α,β-unsaturated/α-hetero) is 4. The number of rotatable bonds is 2. The van der Waals surface area contributed by atoms with Gasteiger partial charge >= 0.3 is 0 Å². The summed E-state index contributed by atoms with van der Waals surface area (Å²) in [5.74, 6) is -0.883. The van der Waals surface area contributed by atoms with Crippen LogP contribution in [-0.2, 0) is 0 Å². The maximum absolute atomic E-state index is 13.3. The summed E-state index contributed by atoms with van der Waals surface area (Å²) in [7, 11) is 0. The smallest absolute Gasteiger partial charge is 0.197 e. The molecule has 46 heavy (non-hydrogen) atoms. The predicted molar refractivity (Wildman–Crippen MR) is 192 cm³/mol. The van der Waals surface area contributed by atoms with E-state index in [1.165, 1.54) is 9.40 Å². The Morgan fingerprint density at radius 1 is 0.391 bits per heavy atom. The molecule has 4 aromatic heterocycles. The first-order valence-corrected chi connectivity index (χ1v) is 17.7. The van der Waals surface area contributed by atoms with Crippen molar-refractivity contribution in [2.45, 2.75) is 0 Å². The van der Waals surface area contributed by atoms with Crippen LogP contribution in [0.1, 0.15) is 51.2 Å². The van der Waals surface area contributed by atoms with Crippen LogP contribution < -0.4 is 0 Å². The summed E-state index contributed by atoms with van der Waals surface area (Å²) in [5.41, 5.74) is 2.31. The van der Waals surface area contributed by atoms with Gasteiger partial charge in [-0.25, -0.2) is 0 Å². The molecule has 0 aliphatic heterocycles. The van der Waals surface area contributed by atoms with E-state index >= 15 is 0 Å². The maximum atomic E-state index is 13.3. The quantitative estimate of drug-likeness (QED) is 0.136. The van der Waals surface area contributed by atoms with Gasteiger partial charge in [-0.1, -0.05) is 48.5 Å². The van der Waals surface area contributed by atoms with Crippen molar-refractivity contribution in [3.8, 4) is 0 Å². The number of benzene rings is 4. The van der Waals surface area contributed by atoms with Gasteiger partial charge in [0.1, 0.15) is 0 Å². The third kappa shape index (κ3) is 3.64. The average molecular weight is 665 g/mol. The molecule has 2 aliphatic carbocycles. The molecule has 8 heteroatoms. The van der Waals surface area contributed by atoms with Crippen molar-refractivity contribution < 1.29 is 19.2 Å². The van der Waals surface area contributed by atoms with E-state index < -0.39 is 0 Å². The van der Waals surface area contributed by atoms with E-state index in [1.807, 2.05) is 72.8 Å². The fraction of sp³-hybridized carbons (Fsp3) is 0. The van der Waals surface area contributed by atoms with E-state index in [-0.39, 0.29) is 34.3 Å². The molecule has 0 atom stereocenters. The van der Waals surface area contributed by atoms with E-state index in [2.05, 4.69) is 12.1 Å². The van der Waals surface area contributed by atoms with Crippen molar-refractivity contribution in [2.75, 3.05) is 0 Å². The zero-order valence-electron chi connectivity index (χ0n) is 23.5. The van der Waals surface area contributed by atoms with Crippen LogP contribution in [0.25, 0.3) is 61.9 Å². The van der Waals surface area contributed by atoms with Crippen molar-refractivity contribution in [2.24, 2.45) is 0 Å². The van der Waals surface area contributed by atoms with Crippen LogP contribution in [0.15, 0.2) is 96.1 Å². The number of hydrogen-bond donors (Lipinski definition) is 0. The zero-order valence-corrected chi connectivity index (χ0v) is 26.8. The van der Waals surface area contributed by atoms with Crippen molar-refractivity contribution in [1.82, 2.24) is 0 Å². The van der Waals surface area contributed by atoms with Crippen LogP contribution in [-0.4, -0.2) is 23.1 Å². The van der Waals surface area contributed by atoms with Gasteiger partial charge in [-0.3, -0.25) is 19.2 Å². The second-order valence-corrected chi connectivity index (χ2v) is 15.7. The van der Waals surface area contributed by atoms with E-state index in [9.17, 15) is 19.2 Å². The zero-order chi connectivity index (χ0) is 30.8. The predicted octanol–water partition coefficient (Wildman–Crippen LogP) is 10.6. The number of thiophene rings is 4. The molecule has 0 bridgehead atoms. The first-order valence-electron chi connectivity index (χ1n) is 14.5. The standard InChI is InChI=1S/C38H16O4S4/c39-31-23-9-17-5-1-2-6-18(17)10-24(23)32(40)27(31)13-21-15-29-35(43-21)37-38(45-29)36-30(46-37)16-22(44-36)14-28-33(41)25-11-19-7-3-4-8-20(19)12-26(25)34(28)42/h1-16H. The fourth-order valence-corrected chi connectivity index (χ4v) is 12.1. The van der Waals surface area contributed by atoms with Crippen LogP contribution in [0.3, 0.4) is 0 Å². The number of ketones is 4. The summed E-state index contributed by atoms with van der Waals surface area (Å²) in [6.45, 7) is 0. The Morgan fingerprint density at radius 2 is 0.717 bits per heavy atom. The Kier molecular flexibility index (Phi) is 5.35. The van der Waals surface area contributed by atoms with Crippen LogP contribution in [0.2, 0.25) is 0 Å². The van der Waals surface area contributed by atoms with Gasteiger partial charge in [0, 0.05) is 41.4 Å². The van der Waals surface area contributed by atoms with Crippen LogP contribution in [0.5, 0.6) is 0 Å². The molecule has 0 fully saturated rings. The molecular weight excluding hydrogens is 649 g/mol. The van der Waals surface area contributed by atoms with Gasteiger partial charge in [0.2, 0.25) is 0 Å². The highest BCUT2D eigenvalue weighted by Crippen LogP contribution is 2.50. The van der Waals surface area contributed by atoms with Crippen LogP contribution in [0, 0.1) is 0 Å². The normalized spacial score (nSPS) is 14.6. The second kappa shape index (κ2) is 9.34. The van der Waals surface area contributed by atoms with E-state index in [0.717, 1.165) is 50.1 Å². The number of carbonyl (C=O) groups is 4. The summed E-state index contributed by atoms with van der Waals surface area (Å²) < 4.78 is 6.87. The summed E-state index contributed by atoms with van der Waals surface area (Å²) in [6.07, 6.45) is 3.49. The van der Waals surface area contributed by atoms with Crippen molar-refractivity contribution in [3.05, 3.63) is 128 Å². The molecular formula is C38H16O4S4. The molecule has 0 amide bonds. The molecule has 0 saturated heterocycles. The first kappa shape index (κ1) is 26.4. The largest absolute Gasteiger partial charge is 0.288 e. The van der Waals surface area contributed by atoms with Gasteiger partial charge in [-0.15, -0.1) is 45.3 Å². The van der Waals surface area contributed by atoms with E-state index in [4.69, 9.17) is 0 Å². The second-order valence-electron chi connectivity index (χ2n) is 11.5. The number of allylic oxidation sites excluding steroid dienone is 2. The first-order chi connectivity index (χ1) is 22.4. The highest BCUT2D eigenvalue weighted by atomic mass is 32.1. The molecule has 0 N–H and O–H groups in total. The Morgan fingerprint density at radius 3 is 1.04 bits per heavy atom. The number of hydrogen-bond acceptors (Lipinski definition) is 8. The van der Waals surface area contributed by atoms with Crippen molar-refractivity contribution in [3.63, 3.8) is 0 Å². The Balaban J connectivity index is 0.997. The Bertz CT molecular complexity index is 2520. The Hall–Kier alpha value is -4.86. The molecule has 8 aromatic rings. The molecule has 4 nitrogen and oxygen atoms in total. The molecule has 216 valence electrons. The molecule has 10 rings (SSSR count). The number of carbonyl (C=O) groups excluding carboxylic acids is 4. The minimum atomic E-state index is -0.221. The SMILES string of the molecule is O=C1C(=Cc2cc3sc4c5sc(C=C6C(=O)c7cc8ccccc8cc7C6=O)cc5sc4c3s2)C(=O)c2cc3ccccc3cc21. The molecule has 0 spiro atoms. The molecule has 4 aromatic carbocycles. The summed E-state index contributed by atoms with van der Waals surface area (Å²) in [6, 6.07) is 26.9. The summed E-state index contributed by atoms with van der Waals surface area (Å²) in [5, 5.41) is 3.78. The third-order valence-corrected chi connectivity index (χ3v) is 13.9. The third-order valence-electron chi connectivity index (χ3n) is 8.78. The van der Waals surface area contributed by atoms with Gasteiger partial charge in [-0.05, 0) is 70.1 Å². The van der Waals surface area contributed by atoms with Gasteiger partial charge in [0.15, 0.2) is 23.1 Å².